The first-order valence-electron chi connectivity index (χ1n) is 10.8. The van der Waals surface area contributed by atoms with Gasteiger partial charge in [0.25, 0.3) is 15.7 Å². The molecule has 3 rings (SSSR count). The van der Waals surface area contributed by atoms with Gasteiger partial charge in [0.2, 0.25) is 10.0 Å². The van der Waals surface area contributed by atoms with E-state index in [9.17, 15) is 26.4 Å². The first kappa shape index (κ1) is 27.2. The smallest absolute Gasteiger partial charge is 0.330 e. The lowest BCUT2D eigenvalue weighted by molar-refractivity contribution is -0.110. The molecule has 1 saturated heterocycles. The van der Waals surface area contributed by atoms with Gasteiger partial charge >= 0.3 is 5.69 Å². The summed E-state index contributed by atoms with van der Waals surface area (Å²) < 4.78 is 70.5. The van der Waals surface area contributed by atoms with Gasteiger partial charge in [0.05, 0.1) is 18.6 Å². The van der Waals surface area contributed by atoms with Crippen molar-refractivity contribution < 1.29 is 30.5 Å². The van der Waals surface area contributed by atoms with Crippen molar-refractivity contribution in [3.05, 3.63) is 68.5 Å². The Morgan fingerprint density at radius 3 is 2.40 bits per heavy atom. The van der Waals surface area contributed by atoms with Gasteiger partial charge in [-0.25, -0.2) is 17.9 Å². The molecule has 0 bridgehead atoms. The molecular formula is C21H29N3O9S2. The van der Waals surface area contributed by atoms with E-state index in [1.165, 1.54) is 20.2 Å². The van der Waals surface area contributed by atoms with Crippen molar-refractivity contribution in [3.63, 3.8) is 0 Å². The Kier molecular flexibility index (Phi) is 8.03. The molecule has 4 atom stereocenters. The van der Waals surface area contributed by atoms with Crippen molar-refractivity contribution in [3.8, 4) is 0 Å². The summed E-state index contributed by atoms with van der Waals surface area (Å²) >= 11 is 0. The van der Waals surface area contributed by atoms with Crippen LogP contribution >= 0.6 is 0 Å². The maximum atomic E-state index is 12.7. The third-order valence-electron chi connectivity index (χ3n) is 5.78. The Balaban J connectivity index is 2.17. The molecule has 1 aliphatic heterocycles. The highest BCUT2D eigenvalue weighted by molar-refractivity contribution is 7.89. The van der Waals surface area contributed by atoms with E-state index in [0.717, 1.165) is 16.4 Å². The van der Waals surface area contributed by atoms with Crippen LogP contribution in [0.2, 0.25) is 0 Å². The van der Waals surface area contributed by atoms with Gasteiger partial charge in [0.1, 0.15) is 11.7 Å². The highest BCUT2D eigenvalue weighted by atomic mass is 32.2. The minimum atomic E-state index is -4.12. The number of hydrogen-bond donors (Lipinski definition) is 2. The van der Waals surface area contributed by atoms with Crippen molar-refractivity contribution in [1.82, 2.24) is 14.3 Å². The molecule has 1 aromatic heterocycles. The zero-order valence-corrected chi connectivity index (χ0v) is 21.4. The van der Waals surface area contributed by atoms with Crippen LogP contribution in [0, 0.1) is 6.92 Å². The molecule has 0 spiro atoms. The Labute approximate surface area is 203 Å². The topological polar surface area (TPSA) is 163 Å². The number of nitrogens with one attached hydrogen (secondary N) is 2. The van der Waals surface area contributed by atoms with E-state index in [1.54, 1.807) is 31.2 Å². The van der Waals surface area contributed by atoms with E-state index in [1.807, 2.05) is 6.07 Å². The second kappa shape index (κ2) is 10.3. The molecule has 0 radical (unpaired) electrons. The number of ether oxygens (including phenoxy) is 2. The predicted octanol–water partition coefficient (Wildman–Crippen LogP) is 0.00202. The van der Waals surface area contributed by atoms with E-state index in [0.29, 0.717) is 0 Å². The fraction of sp³-hybridized carbons (Fsp3) is 0.524. The third kappa shape index (κ3) is 6.26. The maximum absolute atomic E-state index is 12.7. The van der Waals surface area contributed by atoms with Crippen LogP contribution in [-0.2, 0) is 40.4 Å². The van der Waals surface area contributed by atoms with Crippen LogP contribution in [0.25, 0.3) is 0 Å². The Hall–Kier alpha value is -2.36. The van der Waals surface area contributed by atoms with Gasteiger partial charge < -0.3 is 9.47 Å². The third-order valence-corrected chi connectivity index (χ3v) is 7.84. The second-order valence-corrected chi connectivity index (χ2v) is 11.9. The van der Waals surface area contributed by atoms with E-state index in [4.69, 9.17) is 13.7 Å². The van der Waals surface area contributed by atoms with Gasteiger partial charge in [-0.2, -0.15) is 8.42 Å². The molecule has 1 aliphatic rings. The van der Waals surface area contributed by atoms with Crippen molar-refractivity contribution in [2.75, 3.05) is 19.1 Å². The van der Waals surface area contributed by atoms with Crippen molar-refractivity contribution in [1.29, 1.82) is 0 Å². The average Bonchev–Trinajstić information content (AvgIpc) is 3.06. The highest BCUT2D eigenvalue weighted by Gasteiger charge is 2.59. The van der Waals surface area contributed by atoms with Crippen LogP contribution in [0.1, 0.15) is 30.7 Å². The lowest BCUT2D eigenvalue weighted by Crippen LogP contribution is -2.51. The molecule has 2 heterocycles. The number of rotatable bonds is 10. The SMILES string of the molecule is CC[C@@]1(CS(=O)(=O)NC)O[C@@H](n2cc(C)c(=O)[nH]c2=O)[C@@H](OS(C)(=O)=O)C1OCc1ccccc1. The van der Waals surface area contributed by atoms with Gasteiger partial charge in [-0.05, 0) is 26.0 Å². The van der Waals surface area contributed by atoms with Crippen molar-refractivity contribution in [2.45, 2.75) is 50.9 Å². The zero-order valence-electron chi connectivity index (χ0n) is 19.8. The Morgan fingerprint density at radius 2 is 1.83 bits per heavy atom. The maximum Gasteiger partial charge on any atom is 0.330 e. The number of H-pyrrole nitrogens is 1. The monoisotopic (exact) mass is 531 g/mol. The molecule has 1 aromatic carbocycles. The Morgan fingerprint density at radius 1 is 1.17 bits per heavy atom. The fourth-order valence-electron chi connectivity index (χ4n) is 4.02. The number of nitrogens with zero attached hydrogens (tertiary/aromatic N) is 1. The van der Waals surface area contributed by atoms with Crippen molar-refractivity contribution >= 4 is 20.1 Å². The average molecular weight is 532 g/mol. The van der Waals surface area contributed by atoms with E-state index in [-0.39, 0.29) is 18.6 Å². The van der Waals surface area contributed by atoms with Crippen LogP contribution in [0.15, 0.2) is 46.1 Å². The second-order valence-electron chi connectivity index (χ2n) is 8.35. The van der Waals surface area contributed by atoms with Crippen LogP contribution in [0.5, 0.6) is 0 Å². The largest absolute Gasteiger partial charge is 0.368 e. The van der Waals surface area contributed by atoms with E-state index < -0.39 is 61.2 Å². The minimum absolute atomic E-state index is 0.00783. The Bertz CT molecular complexity index is 1370. The first-order chi connectivity index (χ1) is 16.3. The minimum Gasteiger partial charge on any atom is -0.368 e. The van der Waals surface area contributed by atoms with Crippen LogP contribution in [-0.4, -0.2) is 63.3 Å². The molecule has 0 saturated carbocycles. The van der Waals surface area contributed by atoms with Gasteiger partial charge in [-0.1, -0.05) is 37.3 Å². The number of hydrogen-bond acceptors (Lipinski definition) is 9. The molecule has 14 heteroatoms. The summed E-state index contributed by atoms with van der Waals surface area (Å²) in [6.45, 7) is 3.11. The van der Waals surface area contributed by atoms with Gasteiger partial charge in [-0.3, -0.25) is 18.5 Å². The summed E-state index contributed by atoms with van der Waals surface area (Å²) in [5.41, 5.74) is -2.20. The molecule has 0 amide bonds. The molecule has 35 heavy (non-hydrogen) atoms. The summed E-state index contributed by atoms with van der Waals surface area (Å²) in [5.74, 6) is -0.594. The lowest BCUT2D eigenvalue weighted by atomic mass is 9.94. The number of benzene rings is 1. The molecule has 1 unspecified atom stereocenters. The van der Waals surface area contributed by atoms with Crippen LogP contribution < -0.4 is 16.0 Å². The summed E-state index contributed by atoms with van der Waals surface area (Å²) in [6, 6.07) is 8.96. The van der Waals surface area contributed by atoms with Crippen LogP contribution in [0.4, 0.5) is 0 Å². The molecule has 1 fully saturated rings. The number of aromatic amines is 1. The number of aryl methyl sites for hydroxylation is 1. The summed E-state index contributed by atoms with van der Waals surface area (Å²) in [6.07, 6.45) is -1.98. The molecule has 12 nitrogen and oxygen atoms in total. The van der Waals surface area contributed by atoms with Crippen LogP contribution in [0.3, 0.4) is 0 Å². The van der Waals surface area contributed by atoms with E-state index in [2.05, 4.69) is 9.71 Å². The normalized spacial score (nSPS) is 25.1. The lowest BCUT2D eigenvalue weighted by Gasteiger charge is -2.33. The molecule has 2 N–H and O–H groups in total. The fourth-order valence-corrected chi connectivity index (χ4v) is 5.84. The van der Waals surface area contributed by atoms with Gasteiger partial charge in [0, 0.05) is 11.8 Å². The standard InChI is InChI=1S/C21H29N3O9S2/c1-5-21(13-35(29,30)22-3)17(31-12-15-9-7-6-8-10-15)16(33-34(4,27)28)19(32-21)24-11-14(2)18(25)23-20(24)26/h6-11,16-17,19,22H,5,12-13H2,1-4H3,(H,23,25,26)/t16-,17?,19+,21-/m0/s1. The molecule has 2 aromatic rings. The van der Waals surface area contributed by atoms with Crippen molar-refractivity contribution in [2.24, 2.45) is 0 Å². The number of sulfonamides is 1. The summed E-state index contributed by atoms with van der Waals surface area (Å²) in [4.78, 5) is 26.7. The van der Waals surface area contributed by atoms with E-state index >= 15 is 0 Å². The van der Waals surface area contributed by atoms with Gasteiger partial charge in [-0.15, -0.1) is 0 Å². The summed E-state index contributed by atoms with van der Waals surface area (Å²) in [5, 5.41) is 0. The molecule has 194 valence electrons. The van der Waals surface area contributed by atoms with Gasteiger partial charge in [0.15, 0.2) is 12.3 Å². The number of aromatic nitrogens is 2. The highest BCUT2D eigenvalue weighted by Crippen LogP contribution is 2.44. The molecular weight excluding hydrogens is 502 g/mol. The summed E-state index contributed by atoms with van der Waals surface area (Å²) in [7, 11) is -6.77. The first-order valence-corrected chi connectivity index (χ1v) is 14.2. The zero-order chi connectivity index (χ0) is 26.0. The quantitative estimate of drug-likeness (QED) is 0.402. The molecule has 0 aliphatic carbocycles. The predicted molar refractivity (Wildman–Crippen MR) is 127 cm³/mol.